The lowest BCUT2D eigenvalue weighted by Gasteiger charge is -2.16. The van der Waals surface area contributed by atoms with E-state index in [9.17, 15) is 9.59 Å². The van der Waals surface area contributed by atoms with E-state index in [1.165, 1.54) is 7.11 Å². The standard InChI is InChI=1S/C13H14O5/c1-16-9-5-3-8(4-6-9)12-10(13(15)17-2)7-11(14)18-12/h3-6,10,12H,7H2,1-2H3/t10-,12+/m1/s1. The molecule has 1 aromatic carbocycles. The average Bonchev–Trinajstić information content (AvgIpc) is 2.80. The van der Waals surface area contributed by atoms with Crippen LogP contribution in [0.4, 0.5) is 0 Å². The third-order valence-corrected chi connectivity index (χ3v) is 2.96. The summed E-state index contributed by atoms with van der Waals surface area (Å²) in [4.78, 5) is 22.9. The van der Waals surface area contributed by atoms with Gasteiger partial charge in [-0.3, -0.25) is 9.59 Å². The summed E-state index contributed by atoms with van der Waals surface area (Å²) >= 11 is 0. The van der Waals surface area contributed by atoms with Crippen molar-refractivity contribution in [3.63, 3.8) is 0 Å². The van der Waals surface area contributed by atoms with Gasteiger partial charge < -0.3 is 14.2 Å². The van der Waals surface area contributed by atoms with Crippen LogP contribution in [0.3, 0.4) is 0 Å². The molecular weight excluding hydrogens is 236 g/mol. The van der Waals surface area contributed by atoms with Crippen LogP contribution in [0.5, 0.6) is 5.75 Å². The van der Waals surface area contributed by atoms with Crippen molar-refractivity contribution in [2.75, 3.05) is 14.2 Å². The summed E-state index contributed by atoms with van der Waals surface area (Å²) in [6, 6.07) is 7.07. The van der Waals surface area contributed by atoms with Crippen molar-refractivity contribution in [1.82, 2.24) is 0 Å². The van der Waals surface area contributed by atoms with Gasteiger partial charge in [-0.05, 0) is 17.7 Å². The molecule has 1 aliphatic heterocycles. The summed E-state index contributed by atoms with van der Waals surface area (Å²) in [5.41, 5.74) is 0.761. The van der Waals surface area contributed by atoms with Crippen LogP contribution in [-0.2, 0) is 19.1 Å². The normalized spacial score (nSPS) is 22.4. The Labute approximate surface area is 105 Å². The number of carbonyl (C=O) groups is 2. The van der Waals surface area contributed by atoms with Gasteiger partial charge in [0.15, 0.2) is 0 Å². The quantitative estimate of drug-likeness (QED) is 0.760. The molecule has 96 valence electrons. The van der Waals surface area contributed by atoms with E-state index in [4.69, 9.17) is 9.47 Å². The number of hydrogen-bond donors (Lipinski definition) is 0. The maximum Gasteiger partial charge on any atom is 0.313 e. The van der Waals surface area contributed by atoms with Crippen molar-refractivity contribution in [2.24, 2.45) is 5.92 Å². The fourth-order valence-electron chi connectivity index (χ4n) is 2.01. The molecular formula is C13H14O5. The van der Waals surface area contributed by atoms with Gasteiger partial charge in [0.25, 0.3) is 0 Å². The largest absolute Gasteiger partial charge is 0.497 e. The number of carbonyl (C=O) groups excluding carboxylic acids is 2. The Bertz CT molecular complexity index is 451. The van der Waals surface area contributed by atoms with Gasteiger partial charge in [0.2, 0.25) is 0 Å². The van der Waals surface area contributed by atoms with Crippen molar-refractivity contribution in [3.8, 4) is 5.75 Å². The highest BCUT2D eigenvalue weighted by Gasteiger charge is 2.41. The molecule has 0 amide bonds. The molecule has 0 spiro atoms. The minimum atomic E-state index is -0.573. The van der Waals surface area contributed by atoms with E-state index < -0.39 is 18.0 Å². The lowest BCUT2D eigenvalue weighted by molar-refractivity contribution is -0.147. The summed E-state index contributed by atoms with van der Waals surface area (Å²) in [6.45, 7) is 0. The molecule has 1 aliphatic rings. The summed E-state index contributed by atoms with van der Waals surface area (Å²) in [7, 11) is 2.87. The monoisotopic (exact) mass is 250 g/mol. The predicted octanol–water partition coefficient (Wildman–Crippen LogP) is 1.47. The Morgan fingerprint density at radius 3 is 2.50 bits per heavy atom. The number of hydrogen-bond acceptors (Lipinski definition) is 5. The maximum absolute atomic E-state index is 11.6. The minimum absolute atomic E-state index is 0.0589. The Hall–Kier alpha value is -2.04. The fourth-order valence-corrected chi connectivity index (χ4v) is 2.01. The van der Waals surface area contributed by atoms with Crippen LogP contribution in [0.15, 0.2) is 24.3 Å². The zero-order valence-corrected chi connectivity index (χ0v) is 10.2. The van der Waals surface area contributed by atoms with Crippen LogP contribution in [0.25, 0.3) is 0 Å². The molecule has 0 aliphatic carbocycles. The first kappa shape index (κ1) is 12.4. The smallest absolute Gasteiger partial charge is 0.313 e. The summed E-state index contributed by atoms with van der Waals surface area (Å²) < 4.78 is 14.9. The molecule has 2 rings (SSSR count). The second kappa shape index (κ2) is 5.08. The molecule has 0 saturated carbocycles. The fraction of sp³-hybridized carbons (Fsp3) is 0.385. The molecule has 5 nitrogen and oxygen atoms in total. The lowest BCUT2D eigenvalue weighted by Crippen LogP contribution is -2.19. The van der Waals surface area contributed by atoms with Gasteiger partial charge in [0, 0.05) is 0 Å². The van der Waals surface area contributed by atoms with E-state index in [0.717, 1.165) is 5.56 Å². The van der Waals surface area contributed by atoms with Crippen LogP contribution >= 0.6 is 0 Å². The second-order valence-electron chi connectivity index (χ2n) is 4.02. The van der Waals surface area contributed by atoms with Gasteiger partial charge >= 0.3 is 11.9 Å². The average molecular weight is 250 g/mol. The summed E-state index contributed by atoms with van der Waals surface area (Å²) in [6.07, 6.45) is -0.514. The van der Waals surface area contributed by atoms with Crippen molar-refractivity contribution < 1.29 is 23.8 Å². The maximum atomic E-state index is 11.6. The Morgan fingerprint density at radius 2 is 1.94 bits per heavy atom. The summed E-state index contributed by atoms with van der Waals surface area (Å²) in [5.74, 6) is -0.679. The third kappa shape index (κ3) is 2.30. The van der Waals surface area contributed by atoms with Gasteiger partial charge in [-0.1, -0.05) is 12.1 Å². The Kier molecular flexibility index (Phi) is 3.50. The molecule has 1 saturated heterocycles. The number of esters is 2. The van der Waals surface area contributed by atoms with Gasteiger partial charge in [-0.25, -0.2) is 0 Å². The number of methoxy groups -OCH3 is 2. The molecule has 5 heteroatoms. The van der Waals surface area contributed by atoms with E-state index in [1.54, 1.807) is 31.4 Å². The first-order valence-corrected chi connectivity index (χ1v) is 5.57. The zero-order chi connectivity index (χ0) is 13.1. The topological polar surface area (TPSA) is 61.8 Å². The SMILES string of the molecule is COC(=O)[C@@H]1CC(=O)O[C@H]1c1ccc(OC)cc1. The van der Waals surface area contributed by atoms with E-state index in [-0.39, 0.29) is 12.4 Å². The molecule has 0 unspecified atom stereocenters. The van der Waals surface area contributed by atoms with Crippen molar-refractivity contribution in [1.29, 1.82) is 0 Å². The highest BCUT2D eigenvalue weighted by atomic mass is 16.6. The van der Waals surface area contributed by atoms with Crippen LogP contribution in [-0.4, -0.2) is 26.2 Å². The van der Waals surface area contributed by atoms with Gasteiger partial charge in [0.05, 0.1) is 20.6 Å². The van der Waals surface area contributed by atoms with Crippen LogP contribution in [0.2, 0.25) is 0 Å². The van der Waals surface area contributed by atoms with E-state index in [0.29, 0.717) is 5.75 Å². The molecule has 1 fully saturated rings. The molecule has 0 aromatic heterocycles. The Balaban J connectivity index is 2.23. The molecule has 2 atom stereocenters. The number of rotatable bonds is 3. The van der Waals surface area contributed by atoms with Crippen molar-refractivity contribution in [2.45, 2.75) is 12.5 Å². The first-order chi connectivity index (χ1) is 8.65. The van der Waals surface area contributed by atoms with E-state index in [1.807, 2.05) is 0 Å². The van der Waals surface area contributed by atoms with Gasteiger partial charge in [-0.15, -0.1) is 0 Å². The van der Waals surface area contributed by atoms with Gasteiger partial charge in [0.1, 0.15) is 17.8 Å². The van der Waals surface area contributed by atoms with Crippen LogP contribution < -0.4 is 4.74 Å². The number of ether oxygens (including phenoxy) is 3. The molecule has 18 heavy (non-hydrogen) atoms. The molecule has 0 radical (unpaired) electrons. The number of cyclic esters (lactones) is 1. The van der Waals surface area contributed by atoms with E-state index >= 15 is 0 Å². The molecule has 0 bridgehead atoms. The number of benzene rings is 1. The second-order valence-corrected chi connectivity index (χ2v) is 4.02. The van der Waals surface area contributed by atoms with Gasteiger partial charge in [-0.2, -0.15) is 0 Å². The lowest BCUT2D eigenvalue weighted by atomic mass is 9.95. The van der Waals surface area contributed by atoms with Crippen molar-refractivity contribution in [3.05, 3.63) is 29.8 Å². The molecule has 1 aromatic rings. The first-order valence-electron chi connectivity index (χ1n) is 5.57. The third-order valence-electron chi connectivity index (χ3n) is 2.96. The zero-order valence-electron chi connectivity index (χ0n) is 10.2. The van der Waals surface area contributed by atoms with Crippen LogP contribution in [0.1, 0.15) is 18.1 Å². The molecule has 0 N–H and O–H groups in total. The Morgan fingerprint density at radius 1 is 1.28 bits per heavy atom. The highest BCUT2D eigenvalue weighted by molar-refractivity contribution is 5.83. The van der Waals surface area contributed by atoms with E-state index in [2.05, 4.69) is 4.74 Å². The van der Waals surface area contributed by atoms with Crippen molar-refractivity contribution >= 4 is 11.9 Å². The summed E-state index contributed by atoms with van der Waals surface area (Å²) in [5, 5.41) is 0. The highest BCUT2D eigenvalue weighted by Crippen LogP contribution is 2.36. The van der Waals surface area contributed by atoms with Crippen LogP contribution in [0, 0.1) is 5.92 Å². The molecule has 1 heterocycles. The predicted molar refractivity (Wildman–Crippen MR) is 62.0 cm³/mol. The minimum Gasteiger partial charge on any atom is -0.497 e.